The number of carbonyl (C=O) groups is 1. The normalized spacial score (nSPS) is 40.2. The highest BCUT2D eigenvalue weighted by Crippen LogP contribution is 2.55. The van der Waals surface area contributed by atoms with Crippen LogP contribution in [0.1, 0.15) is 29.0 Å². The third-order valence-electron chi connectivity index (χ3n) is 5.27. The van der Waals surface area contributed by atoms with E-state index in [-0.39, 0.29) is 17.7 Å². The largest absolute Gasteiger partial charge is 0.478 e. The van der Waals surface area contributed by atoms with E-state index in [0.29, 0.717) is 30.1 Å². The molecule has 2 aliphatic carbocycles. The Bertz CT molecular complexity index is 523. The monoisotopic (exact) mass is 263 g/mol. The molecule has 3 aliphatic rings. The Balaban J connectivity index is 1.58. The molecule has 2 saturated carbocycles. The number of hydrogen-bond acceptors (Lipinski definition) is 4. The molecule has 0 amide bonds. The molecule has 102 valence electrons. The number of hydrogen-bond donors (Lipinski definition) is 2. The molecule has 1 aromatic rings. The van der Waals surface area contributed by atoms with Crippen molar-refractivity contribution in [1.29, 1.82) is 0 Å². The zero-order valence-corrected chi connectivity index (χ0v) is 10.5. The van der Waals surface area contributed by atoms with Gasteiger partial charge in [0.15, 0.2) is 0 Å². The van der Waals surface area contributed by atoms with E-state index in [1.54, 1.807) is 0 Å². The maximum Gasteiger partial charge on any atom is 0.339 e. The molecule has 5 nitrogen and oxygen atoms in total. The second kappa shape index (κ2) is 3.84. The highest BCUT2D eigenvalue weighted by molar-refractivity contribution is 5.88. The van der Waals surface area contributed by atoms with Gasteiger partial charge in [-0.15, -0.1) is 0 Å². The number of nitrogens with zero attached hydrogens (tertiary/aromatic N) is 1. The molecular weight excluding hydrogens is 246 g/mol. The van der Waals surface area contributed by atoms with E-state index < -0.39 is 5.97 Å². The third-order valence-corrected chi connectivity index (χ3v) is 5.27. The van der Waals surface area contributed by atoms with Gasteiger partial charge in [-0.3, -0.25) is 4.90 Å². The summed E-state index contributed by atoms with van der Waals surface area (Å²) in [6.45, 7) is 1.46. The fraction of sp³-hybridized carbons (Fsp3) is 0.643. The topological polar surface area (TPSA) is 73.9 Å². The lowest BCUT2D eigenvalue weighted by Crippen LogP contribution is -2.40. The fourth-order valence-corrected chi connectivity index (χ4v) is 4.56. The average molecular weight is 263 g/mol. The van der Waals surface area contributed by atoms with Crippen molar-refractivity contribution in [1.82, 2.24) is 4.90 Å². The highest BCUT2D eigenvalue weighted by Gasteiger charge is 2.58. The fourth-order valence-electron chi connectivity index (χ4n) is 4.56. The summed E-state index contributed by atoms with van der Waals surface area (Å²) in [6, 6.07) is 1.70. The summed E-state index contributed by atoms with van der Waals surface area (Å²) in [7, 11) is 0. The quantitative estimate of drug-likeness (QED) is 0.856. The molecule has 5 unspecified atom stereocenters. The number of likely N-dealkylation sites (tertiary alicyclic amines) is 1. The van der Waals surface area contributed by atoms with Gasteiger partial charge >= 0.3 is 5.97 Å². The minimum Gasteiger partial charge on any atom is -0.478 e. The van der Waals surface area contributed by atoms with Gasteiger partial charge < -0.3 is 14.6 Å². The number of carboxylic acid groups (broad SMARTS) is 1. The van der Waals surface area contributed by atoms with Crippen LogP contribution in [0.25, 0.3) is 0 Å². The first-order chi connectivity index (χ1) is 9.15. The number of furan rings is 1. The predicted molar refractivity (Wildman–Crippen MR) is 65.6 cm³/mol. The van der Waals surface area contributed by atoms with Gasteiger partial charge in [-0.2, -0.15) is 0 Å². The van der Waals surface area contributed by atoms with Crippen molar-refractivity contribution in [3.8, 4) is 0 Å². The summed E-state index contributed by atoms with van der Waals surface area (Å²) in [5.41, 5.74) is 0.239. The molecule has 2 N–H and O–H groups in total. The molecule has 2 heterocycles. The Morgan fingerprint density at radius 3 is 3.00 bits per heavy atom. The van der Waals surface area contributed by atoms with Crippen LogP contribution in [-0.4, -0.2) is 39.8 Å². The third kappa shape index (κ3) is 1.51. The number of carboxylic acids is 1. The first-order valence-electron chi connectivity index (χ1n) is 6.87. The molecule has 2 bridgehead atoms. The maximum absolute atomic E-state index is 11.1. The average Bonchev–Trinajstić information content (AvgIpc) is 3.03. The standard InChI is InChI=1S/C14H17NO4/c16-13-7-3-8-5-15(12(13)10(8)4-7)6-11-9(14(17)18)1-2-19-11/h1-2,7-8,10,12-13,16H,3-6H2,(H,17,18). The second-order valence-corrected chi connectivity index (χ2v) is 6.13. The predicted octanol–water partition coefficient (Wildman–Crippen LogP) is 1.18. The number of rotatable bonds is 3. The summed E-state index contributed by atoms with van der Waals surface area (Å²) in [5, 5.41) is 19.4. The molecule has 0 aromatic carbocycles. The van der Waals surface area contributed by atoms with Crippen LogP contribution >= 0.6 is 0 Å². The van der Waals surface area contributed by atoms with Crippen LogP contribution in [0, 0.1) is 17.8 Å². The van der Waals surface area contributed by atoms with E-state index in [2.05, 4.69) is 4.90 Å². The molecular formula is C14H17NO4. The number of fused-ring (bicyclic) bond motifs is 1. The molecule has 4 rings (SSSR count). The Morgan fingerprint density at radius 1 is 1.42 bits per heavy atom. The Labute approximate surface area is 110 Å². The van der Waals surface area contributed by atoms with E-state index in [0.717, 1.165) is 19.4 Å². The number of aliphatic hydroxyl groups is 1. The van der Waals surface area contributed by atoms with Gasteiger partial charge in [-0.25, -0.2) is 4.79 Å². The van der Waals surface area contributed by atoms with E-state index >= 15 is 0 Å². The molecule has 1 saturated heterocycles. The minimum absolute atomic E-state index is 0.204. The number of aromatic carboxylic acids is 1. The van der Waals surface area contributed by atoms with E-state index in [1.807, 2.05) is 0 Å². The van der Waals surface area contributed by atoms with Crippen molar-refractivity contribution < 1.29 is 19.4 Å². The van der Waals surface area contributed by atoms with Crippen LogP contribution in [0.15, 0.2) is 16.7 Å². The van der Waals surface area contributed by atoms with Crippen molar-refractivity contribution in [2.75, 3.05) is 6.54 Å². The van der Waals surface area contributed by atoms with Crippen molar-refractivity contribution in [3.05, 3.63) is 23.7 Å². The zero-order chi connectivity index (χ0) is 13.1. The van der Waals surface area contributed by atoms with Gasteiger partial charge in [0.05, 0.1) is 18.9 Å². The van der Waals surface area contributed by atoms with Crippen molar-refractivity contribution >= 4 is 5.97 Å². The Hall–Kier alpha value is -1.33. The SMILES string of the molecule is O=C(O)c1ccoc1CN1CC2CC3CC2C1C3O. The Morgan fingerprint density at radius 2 is 2.26 bits per heavy atom. The van der Waals surface area contributed by atoms with Crippen molar-refractivity contribution in [2.45, 2.75) is 31.5 Å². The maximum atomic E-state index is 11.1. The van der Waals surface area contributed by atoms with Gasteiger partial charge in [0, 0.05) is 12.6 Å². The number of aliphatic hydroxyl groups excluding tert-OH is 1. The van der Waals surface area contributed by atoms with Crippen LogP contribution < -0.4 is 0 Å². The molecule has 0 radical (unpaired) electrons. The summed E-state index contributed by atoms with van der Waals surface area (Å²) in [6.07, 6.45) is 3.45. The molecule has 5 atom stereocenters. The summed E-state index contributed by atoms with van der Waals surface area (Å²) < 4.78 is 5.32. The zero-order valence-electron chi connectivity index (χ0n) is 10.5. The van der Waals surface area contributed by atoms with Crippen LogP contribution in [-0.2, 0) is 6.54 Å². The first-order valence-corrected chi connectivity index (χ1v) is 6.87. The lowest BCUT2D eigenvalue weighted by molar-refractivity contribution is 0.0458. The van der Waals surface area contributed by atoms with E-state index in [4.69, 9.17) is 9.52 Å². The molecule has 1 aliphatic heterocycles. The second-order valence-electron chi connectivity index (χ2n) is 6.13. The lowest BCUT2D eigenvalue weighted by Gasteiger charge is -2.28. The summed E-state index contributed by atoms with van der Waals surface area (Å²) in [4.78, 5) is 13.3. The molecule has 1 aromatic heterocycles. The van der Waals surface area contributed by atoms with Gasteiger partial charge in [0.25, 0.3) is 0 Å². The summed E-state index contributed by atoms with van der Waals surface area (Å²) >= 11 is 0. The van der Waals surface area contributed by atoms with Crippen LogP contribution in [0.2, 0.25) is 0 Å². The summed E-state index contributed by atoms with van der Waals surface area (Å²) in [5.74, 6) is 1.30. The van der Waals surface area contributed by atoms with Crippen LogP contribution in [0.5, 0.6) is 0 Å². The van der Waals surface area contributed by atoms with E-state index in [1.165, 1.54) is 12.3 Å². The van der Waals surface area contributed by atoms with Crippen LogP contribution in [0.3, 0.4) is 0 Å². The molecule has 3 fully saturated rings. The van der Waals surface area contributed by atoms with Crippen LogP contribution in [0.4, 0.5) is 0 Å². The lowest BCUT2D eigenvalue weighted by atomic mass is 9.88. The molecule has 5 heteroatoms. The van der Waals surface area contributed by atoms with E-state index in [9.17, 15) is 9.90 Å². The molecule has 0 spiro atoms. The van der Waals surface area contributed by atoms with Gasteiger partial charge in [0.1, 0.15) is 11.3 Å². The first kappa shape index (κ1) is 11.5. The Kier molecular flexibility index (Phi) is 2.32. The van der Waals surface area contributed by atoms with Gasteiger partial charge in [-0.1, -0.05) is 0 Å². The van der Waals surface area contributed by atoms with Gasteiger partial charge in [-0.05, 0) is 36.7 Å². The van der Waals surface area contributed by atoms with Gasteiger partial charge in [0.2, 0.25) is 0 Å². The van der Waals surface area contributed by atoms with Crippen molar-refractivity contribution in [3.63, 3.8) is 0 Å². The van der Waals surface area contributed by atoms with Crippen molar-refractivity contribution in [2.24, 2.45) is 17.8 Å². The highest BCUT2D eigenvalue weighted by atomic mass is 16.4. The minimum atomic E-state index is -0.948. The smallest absolute Gasteiger partial charge is 0.339 e. The molecule has 19 heavy (non-hydrogen) atoms.